The van der Waals surface area contributed by atoms with Crippen LogP contribution in [0.25, 0.3) is 0 Å². The Kier molecular flexibility index (Phi) is 2.84. The SMILES string of the molecule is CC1CN(C(=O)c2cccs2)CCN1. The van der Waals surface area contributed by atoms with E-state index < -0.39 is 0 Å². The maximum absolute atomic E-state index is 11.9. The molecule has 4 heteroatoms. The van der Waals surface area contributed by atoms with Crippen molar-refractivity contribution in [2.45, 2.75) is 13.0 Å². The standard InChI is InChI=1S/C10H14N2OS/c1-8-7-12(5-4-11-8)10(13)9-3-2-6-14-9/h2-3,6,8,11H,4-5,7H2,1H3. The van der Waals surface area contributed by atoms with Crippen molar-refractivity contribution >= 4 is 17.2 Å². The molecule has 0 saturated carbocycles. The van der Waals surface area contributed by atoms with Crippen LogP contribution in [-0.2, 0) is 0 Å². The lowest BCUT2D eigenvalue weighted by Gasteiger charge is -2.31. The summed E-state index contributed by atoms with van der Waals surface area (Å²) in [5, 5.41) is 5.26. The molecule has 14 heavy (non-hydrogen) atoms. The third-order valence-corrected chi connectivity index (χ3v) is 3.25. The number of piperazine rings is 1. The molecule has 1 aliphatic rings. The predicted molar refractivity (Wildman–Crippen MR) is 57.7 cm³/mol. The van der Waals surface area contributed by atoms with Gasteiger partial charge in [0.05, 0.1) is 4.88 Å². The molecular weight excluding hydrogens is 196 g/mol. The van der Waals surface area contributed by atoms with Gasteiger partial charge in [0.25, 0.3) is 5.91 Å². The van der Waals surface area contributed by atoms with Crippen LogP contribution in [0.15, 0.2) is 17.5 Å². The van der Waals surface area contributed by atoms with Gasteiger partial charge in [0.15, 0.2) is 0 Å². The van der Waals surface area contributed by atoms with Crippen molar-refractivity contribution in [3.63, 3.8) is 0 Å². The molecule has 1 fully saturated rings. The van der Waals surface area contributed by atoms with Crippen molar-refractivity contribution in [1.29, 1.82) is 0 Å². The molecule has 1 saturated heterocycles. The second-order valence-corrected chi connectivity index (χ2v) is 4.53. The zero-order valence-corrected chi connectivity index (χ0v) is 9.01. The molecule has 1 aromatic heterocycles. The van der Waals surface area contributed by atoms with Gasteiger partial charge < -0.3 is 10.2 Å². The van der Waals surface area contributed by atoms with E-state index in [1.807, 2.05) is 22.4 Å². The third-order valence-electron chi connectivity index (χ3n) is 2.39. The van der Waals surface area contributed by atoms with Crippen molar-refractivity contribution < 1.29 is 4.79 Å². The molecular formula is C10H14N2OS. The smallest absolute Gasteiger partial charge is 0.264 e. The van der Waals surface area contributed by atoms with E-state index in [9.17, 15) is 4.79 Å². The van der Waals surface area contributed by atoms with Crippen molar-refractivity contribution in [1.82, 2.24) is 10.2 Å². The van der Waals surface area contributed by atoms with E-state index in [1.54, 1.807) is 0 Å². The Labute approximate surface area is 87.7 Å². The highest BCUT2D eigenvalue weighted by Crippen LogP contribution is 2.13. The van der Waals surface area contributed by atoms with Gasteiger partial charge in [-0.05, 0) is 18.4 Å². The van der Waals surface area contributed by atoms with Crippen LogP contribution in [0.5, 0.6) is 0 Å². The zero-order chi connectivity index (χ0) is 9.97. The van der Waals surface area contributed by atoms with Crippen LogP contribution in [0, 0.1) is 0 Å². The number of hydrogen-bond acceptors (Lipinski definition) is 3. The average Bonchev–Trinajstić information content (AvgIpc) is 2.69. The lowest BCUT2D eigenvalue weighted by molar-refractivity contribution is 0.0714. The molecule has 1 atom stereocenters. The second kappa shape index (κ2) is 4.11. The fourth-order valence-electron chi connectivity index (χ4n) is 1.67. The van der Waals surface area contributed by atoms with E-state index in [4.69, 9.17) is 0 Å². The van der Waals surface area contributed by atoms with E-state index in [1.165, 1.54) is 11.3 Å². The summed E-state index contributed by atoms with van der Waals surface area (Å²) in [7, 11) is 0. The Morgan fingerprint density at radius 3 is 3.21 bits per heavy atom. The highest BCUT2D eigenvalue weighted by molar-refractivity contribution is 7.12. The van der Waals surface area contributed by atoms with Gasteiger partial charge in [-0.3, -0.25) is 4.79 Å². The molecule has 1 aromatic rings. The fraction of sp³-hybridized carbons (Fsp3) is 0.500. The molecule has 2 heterocycles. The molecule has 2 rings (SSSR count). The predicted octanol–water partition coefficient (Wildman–Crippen LogP) is 1.18. The molecule has 0 radical (unpaired) electrons. The quantitative estimate of drug-likeness (QED) is 0.755. The van der Waals surface area contributed by atoms with Gasteiger partial charge in [-0.15, -0.1) is 11.3 Å². The van der Waals surface area contributed by atoms with Crippen LogP contribution < -0.4 is 5.32 Å². The molecule has 0 aliphatic carbocycles. The van der Waals surface area contributed by atoms with Crippen molar-refractivity contribution in [3.8, 4) is 0 Å². The Bertz CT molecular complexity index is 310. The maximum atomic E-state index is 11.9. The summed E-state index contributed by atoms with van der Waals surface area (Å²) in [6, 6.07) is 4.22. The average molecular weight is 210 g/mol. The number of carbonyl (C=O) groups is 1. The van der Waals surface area contributed by atoms with Crippen LogP contribution in [0.2, 0.25) is 0 Å². The Morgan fingerprint density at radius 1 is 1.71 bits per heavy atom. The van der Waals surface area contributed by atoms with Crippen LogP contribution >= 0.6 is 11.3 Å². The zero-order valence-electron chi connectivity index (χ0n) is 8.19. The third kappa shape index (κ3) is 1.96. The van der Waals surface area contributed by atoms with E-state index in [0.29, 0.717) is 6.04 Å². The van der Waals surface area contributed by atoms with Gasteiger partial charge in [0.2, 0.25) is 0 Å². The highest BCUT2D eigenvalue weighted by Gasteiger charge is 2.21. The first-order valence-electron chi connectivity index (χ1n) is 4.83. The molecule has 1 unspecified atom stereocenters. The second-order valence-electron chi connectivity index (χ2n) is 3.58. The van der Waals surface area contributed by atoms with Gasteiger partial charge in [0, 0.05) is 25.7 Å². The minimum absolute atomic E-state index is 0.174. The minimum Gasteiger partial charge on any atom is -0.335 e. The van der Waals surface area contributed by atoms with Crippen molar-refractivity contribution in [2.24, 2.45) is 0 Å². The summed E-state index contributed by atoms with van der Waals surface area (Å²) in [5.74, 6) is 0.174. The molecule has 1 aliphatic heterocycles. The Balaban J connectivity index is 2.04. The first-order valence-corrected chi connectivity index (χ1v) is 5.71. The first-order chi connectivity index (χ1) is 6.77. The van der Waals surface area contributed by atoms with Gasteiger partial charge in [0.1, 0.15) is 0 Å². The maximum Gasteiger partial charge on any atom is 0.264 e. The molecule has 0 spiro atoms. The highest BCUT2D eigenvalue weighted by atomic mass is 32.1. The van der Waals surface area contributed by atoms with E-state index in [2.05, 4.69) is 12.2 Å². The lowest BCUT2D eigenvalue weighted by atomic mass is 10.2. The van der Waals surface area contributed by atoms with Gasteiger partial charge in [-0.2, -0.15) is 0 Å². The molecule has 0 aromatic carbocycles. The van der Waals surface area contributed by atoms with Crippen LogP contribution in [-0.4, -0.2) is 36.5 Å². The lowest BCUT2D eigenvalue weighted by Crippen LogP contribution is -2.51. The summed E-state index contributed by atoms with van der Waals surface area (Å²) in [4.78, 5) is 14.7. The number of amides is 1. The fourth-order valence-corrected chi connectivity index (χ4v) is 2.36. The molecule has 76 valence electrons. The molecule has 3 nitrogen and oxygen atoms in total. The molecule has 1 amide bonds. The van der Waals surface area contributed by atoms with E-state index >= 15 is 0 Å². The topological polar surface area (TPSA) is 32.3 Å². The summed E-state index contributed by atoms with van der Waals surface area (Å²) in [5.41, 5.74) is 0. The number of nitrogens with one attached hydrogen (secondary N) is 1. The van der Waals surface area contributed by atoms with Gasteiger partial charge in [-0.25, -0.2) is 0 Å². The minimum atomic E-state index is 0.174. The molecule has 1 N–H and O–H groups in total. The largest absolute Gasteiger partial charge is 0.335 e. The normalized spacial score (nSPS) is 22.4. The summed E-state index contributed by atoms with van der Waals surface area (Å²) >= 11 is 1.51. The number of thiophene rings is 1. The van der Waals surface area contributed by atoms with E-state index in [-0.39, 0.29) is 5.91 Å². The van der Waals surface area contributed by atoms with Crippen LogP contribution in [0.1, 0.15) is 16.6 Å². The summed E-state index contributed by atoms with van der Waals surface area (Å²) < 4.78 is 0. The van der Waals surface area contributed by atoms with Crippen LogP contribution in [0.4, 0.5) is 0 Å². The van der Waals surface area contributed by atoms with Gasteiger partial charge in [-0.1, -0.05) is 6.07 Å². The Morgan fingerprint density at radius 2 is 2.57 bits per heavy atom. The van der Waals surface area contributed by atoms with Crippen LogP contribution in [0.3, 0.4) is 0 Å². The Hall–Kier alpha value is -0.870. The number of rotatable bonds is 1. The number of hydrogen-bond donors (Lipinski definition) is 1. The monoisotopic (exact) mass is 210 g/mol. The van der Waals surface area contributed by atoms with Crippen molar-refractivity contribution in [3.05, 3.63) is 22.4 Å². The summed E-state index contributed by atoms with van der Waals surface area (Å²) in [6.45, 7) is 4.64. The number of nitrogens with zero attached hydrogens (tertiary/aromatic N) is 1. The first kappa shape index (κ1) is 9.68. The van der Waals surface area contributed by atoms with Crippen molar-refractivity contribution in [2.75, 3.05) is 19.6 Å². The van der Waals surface area contributed by atoms with E-state index in [0.717, 1.165) is 24.5 Å². The molecule has 0 bridgehead atoms. The summed E-state index contributed by atoms with van der Waals surface area (Å²) in [6.07, 6.45) is 0. The van der Waals surface area contributed by atoms with Gasteiger partial charge >= 0.3 is 0 Å². The number of carbonyl (C=O) groups excluding carboxylic acids is 1.